The van der Waals surface area contributed by atoms with Gasteiger partial charge in [0.25, 0.3) is 10.1 Å². The zero-order valence-corrected chi connectivity index (χ0v) is 16.9. The molecule has 0 aliphatic heterocycles. The van der Waals surface area contributed by atoms with Gasteiger partial charge in [0.2, 0.25) is 0 Å². The van der Waals surface area contributed by atoms with Crippen molar-refractivity contribution in [2.75, 3.05) is 0 Å². The summed E-state index contributed by atoms with van der Waals surface area (Å²) in [6, 6.07) is 9.60. The van der Waals surface area contributed by atoms with Gasteiger partial charge in [-0.25, -0.2) is 0 Å². The molecule has 4 heteroatoms. The number of aryl methyl sites for hydroxylation is 2. The molecule has 0 fully saturated rings. The molecule has 2 aromatic carbocycles. The SMILES string of the molecule is CCCCCCc1cccc2c(CCCCCC)c(S(=O)(=O)O)ccc12. The first kappa shape index (κ1) is 20.9. The molecule has 0 spiro atoms. The predicted octanol–water partition coefficient (Wildman–Crippen LogP) is 6.33. The van der Waals surface area contributed by atoms with Crippen LogP contribution in [0.1, 0.15) is 76.3 Å². The van der Waals surface area contributed by atoms with E-state index >= 15 is 0 Å². The second-order valence-corrected chi connectivity index (χ2v) is 8.54. The van der Waals surface area contributed by atoms with Crippen LogP contribution in [0.25, 0.3) is 10.8 Å². The van der Waals surface area contributed by atoms with Gasteiger partial charge in [0.15, 0.2) is 0 Å². The fourth-order valence-corrected chi connectivity index (χ4v) is 4.42. The van der Waals surface area contributed by atoms with Gasteiger partial charge in [-0.1, -0.05) is 76.6 Å². The summed E-state index contributed by atoms with van der Waals surface area (Å²) in [7, 11) is -4.20. The number of benzene rings is 2. The number of hydrogen-bond donors (Lipinski definition) is 1. The highest BCUT2D eigenvalue weighted by Gasteiger charge is 2.18. The van der Waals surface area contributed by atoms with E-state index in [0.717, 1.165) is 54.9 Å². The molecular formula is C22H32O3S. The van der Waals surface area contributed by atoms with E-state index in [1.54, 1.807) is 6.07 Å². The van der Waals surface area contributed by atoms with Gasteiger partial charge in [0.05, 0.1) is 4.90 Å². The van der Waals surface area contributed by atoms with Crippen LogP contribution in [0.3, 0.4) is 0 Å². The largest absolute Gasteiger partial charge is 0.294 e. The van der Waals surface area contributed by atoms with Crippen molar-refractivity contribution in [2.45, 2.75) is 83.0 Å². The third-order valence-electron chi connectivity index (χ3n) is 5.08. The number of fused-ring (bicyclic) bond motifs is 1. The molecule has 0 bridgehead atoms. The van der Waals surface area contributed by atoms with Crippen LogP contribution in [-0.2, 0) is 23.0 Å². The standard InChI is InChI=1S/C22H32O3S/c1-3-5-7-9-12-18-13-11-15-20-19(18)16-17-22(26(23,24)25)21(20)14-10-8-6-4-2/h11,13,15-17H,3-10,12,14H2,1-2H3,(H,23,24,25). The first-order valence-corrected chi connectivity index (χ1v) is 11.4. The van der Waals surface area contributed by atoms with Crippen molar-refractivity contribution in [1.82, 2.24) is 0 Å². The van der Waals surface area contributed by atoms with E-state index in [0.29, 0.717) is 6.42 Å². The van der Waals surface area contributed by atoms with Crippen LogP contribution < -0.4 is 0 Å². The number of rotatable bonds is 11. The summed E-state index contributed by atoms with van der Waals surface area (Å²) >= 11 is 0. The van der Waals surface area contributed by atoms with Gasteiger partial charge in [-0.2, -0.15) is 8.42 Å². The van der Waals surface area contributed by atoms with Gasteiger partial charge < -0.3 is 0 Å². The minimum absolute atomic E-state index is 0.0737. The molecule has 0 aliphatic rings. The van der Waals surface area contributed by atoms with Crippen LogP contribution in [0.2, 0.25) is 0 Å². The number of unbranched alkanes of at least 4 members (excludes halogenated alkanes) is 6. The third kappa shape index (κ3) is 5.55. The molecule has 3 nitrogen and oxygen atoms in total. The fraction of sp³-hybridized carbons (Fsp3) is 0.545. The van der Waals surface area contributed by atoms with Crippen LogP contribution in [-0.4, -0.2) is 13.0 Å². The second-order valence-electron chi connectivity index (χ2n) is 7.15. The predicted molar refractivity (Wildman–Crippen MR) is 109 cm³/mol. The molecule has 0 aliphatic carbocycles. The lowest BCUT2D eigenvalue weighted by Gasteiger charge is -2.14. The highest BCUT2D eigenvalue weighted by molar-refractivity contribution is 7.85. The van der Waals surface area contributed by atoms with Gasteiger partial charge in [-0.05, 0) is 53.6 Å². The Hall–Kier alpha value is -1.39. The summed E-state index contributed by atoms with van der Waals surface area (Å²) in [6.45, 7) is 4.37. The van der Waals surface area contributed by atoms with E-state index < -0.39 is 10.1 Å². The van der Waals surface area contributed by atoms with Crippen LogP contribution in [0.15, 0.2) is 35.2 Å². The van der Waals surface area contributed by atoms with Gasteiger partial charge in [-0.3, -0.25) is 4.55 Å². The molecule has 0 aromatic heterocycles. The molecule has 0 radical (unpaired) electrons. The lowest BCUT2D eigenvalue weighted by molar-refractivity contribution is 0.482. The lowest BCUT2D eigenvalue weighted by atomic mass is 9.94. The first-order chi connectivity index (χ1) is 12.5. The van der Waals surface area contributed by atoms with E-state index in [9.17, 15) is 13.0 Å². The quantitative estimate of drug-likeness (QED) is 0.368. The van der Waals surface area contributed by atoms with Crippen LogP contribution in [0.4, 0.5) is 0 Å². The van der Waals surface area contributed by atoms with Gasteiger partial charge in [0, 0.05) is 0 Å². The van der Waals surface area contributed by atoms with Crippen molar-refractivity contribution < 1.29 is 13.0 Å². The van der Waals surface area contributed by atoms with E-state index in [2.05, 4.69) is 19.9 Å². The Balaban J connectivity index is 2.38. The van der Waals surface area contributed by atoms with Gasteiger partial charge >= 0.3 is 0 Å². The minimum atomic E-state index is -4.20. The van der Waals surface area contributed by atoms with Crippen molar-refractivity contribution in [3.63, 3.8) is 0 Å². The molecule has 144 valence electrons. The maximum Gasteiger partial charge on any atom is 0.294 e. The minimum Gasteiger partial charge on any atom is -0.282 e. The van der Waals surface area contributed by atoms with Crippen LogP contribution in [0.5, 0.6) is 0 Å². The summed E-state index contributed by atoms with van der Waals surface area (Å²) in [5.41, 5.74) is 2.05. The van der Waals surface area contributed by atoms with Crippen molar-refractivity contribution in [2.24, 2.45) is 0 Å². The maximum atomic E-state index is 11.9. The molecule has 0 amide bonds. The van der Waals surface area contributed by atoms with Crippen molar-refractivity contribution in [3.05, 3.63) is 41.5 Å². The Kier molecular flexibility index (Phi) is 8.11. The van der Waals surface area contributed by atoms with Crippen molar-refractivity contribution in [1.29, 1.82) is 0 Å². The molecule has 0 saturated carbocycles. The zero-order chi connectivity index (χ0) is 19.0. The Bertz CT molecular complexity index is 809. The monoisotopic (exact) mass is 376 g/mol. The molecule has 2 rings (SSSR count). The van der Waals surface area contributed by atoms with Gasteiger partial charge in [0.1, 0.15) is 0 Å². The first-order valence-electron chi connectivity index (χ1n) is 10.00. The molecule has 0 saturated heterocycles. The molecule has 0 unspecified atom stereocenters. The molecule has 0 atom stereocenters. The molecule has 2 aromatic rings. The Morgan fingerprint density at radius 3 is 2.04 bits per heavy atom. The van der Waals surface area contributed by atoms with E-state index in [4.69, 9.17) is 0 Å². The smallest absolute Gasteiger partial charge is 0.282 e. The fourth-order valence-electron chi connectivity index (χ4n) is 3.65. The Labute approximate surface area is 158 Å². The highest BCUT2D eigenvalue weighted by atomic mass is 32.2. The molecule has 0 heterocycles. The second kappa shape index (κ2) is 10.1. The number of hydrogen-bond acceptors (Lipinski definition) is 2. The van der Waals surface area contributed by atoms with E-state index in [1.807, 2.05) is 18.2 Å². The van der Waals surface area contributed by atoms with Crippen molar-refractivity contribution >= 4 is 20.9 Å². The lowest BCUT2D eigenvalue weighted by Crippen LogP contribution is -2.05. The summed E-state index contributed by atoms with van der Waals surface area (Å²) < 4.78 is 33.4. The Morgan fingerprint density at radius 1 is 0.769 bits per heavy atom. The summed E-state index contributed by atoms with van der Waals surface area (Å²) in [5, 5.41) is 2.10. The van der Waals surface area contributed by atoms with E-state index in [1.165, 1.54) is 24.8 Å². The van der Waals surface area contributed by atoms with Crippen molar-refractivity contribution in [3.8, 4) is 0 Å². The summed E-state index contributed by atoms with van der Waals surface area (Å²) in [4.78, 5) is 0.0737. The zero-order valence-electron chi connectivity index (χ0n) is 16.1. The Morgan fingerprint density at radius 2 is 1.42 bits per heavy atom. The molecule has 26 heavy (non-hydrogen) atoms. The highest BCUT2D eigenvalue weighted by Crippen LogP contribution is 2.30. The van der Waals surface area contributed by atoms with E-state index in [-0.39, 0.29) is 4.90 Å². The third-order valence-corrected chi connectivity index (χ3v) is 6.02. The average Bonchev–Trinajstić information content (AvgIpc) is 2.61. The maximum absolute atomic E-state index is 11.9. The summed E-state index contributed by atoms with van der Waals surface area (Å²) in [5.74, 6) is 0. The summed E-state index contributed by atoms with van der Waals surface area (Å²) in [6.07, 6.45) is 10.8. The normalized spacial score (nSPS) is 12.0. The van der Waals surface area contributed by atoms with Crippen LogP contribution in [0, 0.1) is 0 Å². The van der Waals surface area contributed by atoms with Gasteiger partial charge in [-0.15, -0.1) is 0 Å². The molecular weight excluding hydrogens is 344 g/mol. The topological polar surface area (TPSA) is 54.4 Å². The van der Waals surface area contributed by atoms with Crippen LogP contribution >= 0.6 is 0 Å². The average molecular weight is 377 g/mol. The molecule has 1 N–H and O–H groups in total.